The molecule has 1 heterocycles. The standard InChI is InChI=1S/C32H56O9/c1-15(2)23(41-30-29(39)27(37)22(35)14-40-30)7-6-16(3)19-13-21(34)25-24-18(9-11-32(19,25)5)31(4)10-8-17(33)12-20(31)26(36)28(24)38/h15-30,33-39H,6-14H2,1-5H3/t16-,17+,18?,19-,20?,21-,22-,23+,24?,25?,26-,27+,28+,29-,30+,31-,32-/m1/s1. The average Bonchev–Trinajstić information content (AvgIpc) is 3.20. The van der Waals surface area contributed by atoms with E-state index in [1.54, 1.807) is 0 Å². The molecule has 17 atom stereocenters. The van der Waals surface area contributed by atoms with Gasteiger partial charge in [0.2, 0.25) is 0 Å². The Hall–Kier alpha value is -0.360. The van der Waals surface area contributed by atoms with Crippen molar-refractivity contribution >= 4 is 0 Å². The summed E-state index contributed by atoms with van der Waals surface area (Å²) < 4.78 is 11.7. The van der Waals surface area contributed by atoms with Crippen molar-refractivity contribution in [1.29, 1.82) is 0 Å². The van der Waals surface area contributed by atoms with E-state index in [9.17, 15) is 35.7 Å². The zero-order valence-corrected chi connectivity index (χ0v) is 25.5. The molecule has 0 radical (unpaired) electrons. The minimum atomic E-state index is -1.32. The van der Waals surface area contributed by atoms with Crippen molar-refractivity contribution in [3.05, 3.63) is 0 Å². The Kier molecular flexibility index (Phi) is 9.27. The molecule has 0 aromatic rings. The van der Waals surface area contributed by atoms with E-state index in [0.29, 0.717) is 12.8 Å². The zero-order valence-electron chi connectivity index (χ0n) is 25.5. The largest absolute Gasteiger partial charge is 0.393 e. The zero-order chi connectivity index (χ0) is 30.0. The third kappa shape index (κ3) is 5.44. The molecule has 5 fully saturated rings. The summed E-state index contributed by atoms with van der Waals surface area (Å²) in [6, 6.07) is 0. The molecule has 41 heavy (non-hydrogen) atoms. The van der Waals surface area contributed by atoms with Gasteiger partial charge >= 0.3 is 0 Å². The number of aliphatic hydroxyl groups excluding tert-OH is 7. The Bertz CT molecular complexity index is 902. The topological polar surface area (TPSA) is 160 Å². The first kappa shape index (κ1) is 32.0. The molecule has 238 valence electrons. The molecule has 5 rings (SSSR count). The third-order valence-electron chi connectivity index (χ3n) is 12.9. The molecule has 0 bridgehead atoms. The summed E-state index contributed by atoms with van der Waals surface area (Å²) >= 11 is 0. The molecule has 9 heteroatoms. The second-order valence-corrected chi connectivity index (χ2v) is 15.4. The van der Waals surface area contributed by atoms with Crippen LogP contribution in [0.5, 0.6) is 0 Å². The first-order valence-corrected chi connectivity index (χ1v) is 16.2. The van der Waals surface area contributed by atoms with Crippen LogP contribution in [0.3, 0.4) is 0 Å². The molecule has 5 aliphatic rings. The van der Waals surface area contributed by atoms with E-state index in [1.165, 1.54) is 0 Å². The first-order valence-electron chi connectivity index (χ1n) is 16.2. The van der Waals surface area contributed by atoms with Gasteiger partial charge in [-0.2, -0.15) is 0 Å². The van der Waals surface area contributed by atoms with Crippen LogP contribution < -0.4 is 0 Å². The molecule has 9 nitrogen and oxygen atoms in total. The lowest BCUT2D eigenvalue weighted by Gasteiger charge is -2.63. The van der Waals surface area contributed by atoms with E-state index >= 15 is 0 Å². The van der Waals surface area contributed by atoms with Gasteiger partial charge in [0.05, 0.1) is 37.1 Å². The van der Waals surface area contributed by atoms with Crippen LogP contribution in [0.15, 0.2) is 0 Å². The number of ether oxygens (including phenoxy) is 2. The summed E-state index contributed by atoms with van der Waals surface area (Å²) in [6.45, 7) is 10.8. The van der Waals surface area contributed by atoms with Gasteiger partial charge in [-0.15, -0.1) is 0 Å². The highest BCUT2D eigenvalue weighted by molar-refractivity contribution is 5.15. The Morgan fingerprint density at radius 1 is 0.756 bits per heavy atom. The molecule has 4 saturated carbocycles. The van der Waals surface area contributed by atoms with Gasteiger partial charge < -0.3 is 45.2 Å². The number of hydrogen-bond acceptors (Lipinski definition) is 9. The van der Waals surface area contributed by atoms with Crippen LogP contribution >= 0.6 is 0 Å². The third-order valence-corrected chi connectivity index (χ3v) is 12.9. The molecule has 4 unspecified atom stereocenters. The number of rotatable bonds is 7. The van der Waals surface area contributed by atoms with Crippen molar-refractivity contribution < 1.29 is 45.2 Å². The van der Waals surface area contributed by atoms with Crippen LogP contribution in [0.1, 0.15) is 86.0 Å². The molecule has 1 aliphatic heterocycles. The van der Waals surface area contributed by atoms with Gasteiger partial charge in [-0.1, -0.05) is 34.6 Å². The van der Waals surface area contributed by atoms with Gasteiger partial charge in [0.15, 0.2) is 6.29 Å². The first-order chi connectivity index (χ1) is 19.2. The van der Waals surface area contributed by atoms with E-state index in [0.717, 1.165) is 38.5 Å². The summed E-state index contributed by atoms with van der Waals surface area (Å²) in [4.78, 5) is 0. The maximum absolute atomic E-state index is 11.6. The lowest BCUT2D eigenvalue weighted by atomic mass is 9.43. The molecular formula is C32H56O9. The Morgan fingerprint density at radius 2 is 1.44 bits per heavy atom. The lowest BCUT2D eigenvalue weighted by Crippen LogP contribution is -2.65. The summed E-state index contributed by atoms with van der Waals surface area (Å²) in [7, 11) is 0. The molecule has 1 saturated heterocycles. The second kappa shape index (κ2) is 11.9. The average molecular weight is 585 g/mol. The fourth-order valence-electron chi connectivity index (χ4n) is 10.5. The van der Waals surface area contributed by atoms with Crippen LogP contribution in [0.25, 0.3) is 0 Å². The molecule has 0 aromatic carbocycles. The van der Waals surface area contributed by atoms with Gasteiger partial charge in [0.1, 0.15) is 18.3 Å². The van der Waals surface area contributed by atoms with Crippen LogP contribution in [-0.2, 0) is 9.47 Å². The maximum atomic E-state index is 11.6. The van der Waals surface area contributed by atoms with Gasteiger partial charge in [0, 0.05) is 0 Å². The highest BCUT2D eigenvalue weighted by Gasteiger charge is 2.67. The molecular weight excluding hydrogens is 528 g/mol. The summed E-state index contributed by atoms with van der Waals surface area (Å²) in [6.07, 6.45) is -1.41. The fraction of sp³-hybridized carbons (Fsp3) is 1.00. The molecule has 0 spiro atoms. The van der Waals surface area contributed by atoms with E-state index in [2.05, 4.69) is 34.6 Å². The van der Waals surface area contributed by atoms with Crippen molar-refractivity contribution in [2.45, 2.75) is 141 Å². The van der Waals surface area contributed by atoms with Gasteiger partial charge in [-0.05, 0) is 104 Å². The smallest absolute Gasteiger partial charge is 0.186 e. The summed E-state index contributed by atoms with van der Waals surface area (Å²) in [5.74, 6) is 0.539. The van der Waals surface area contributed by atoms with Crippen molar-refractivity contribution in [3.63, 3.8) is 0 Å². The minimum absolute atomic E-state index is 0.0844. The Morgan fingerprint density at radius 3 is 2.12 bits per heavy atom. The van der Waals surface area contributed by atoms with Crippen LogP contribution in [0.4, 0.5) is 0 Å². The van der Waals surface area contributed by atoms with Gasteiger partial charge in [0.25, 0.3) is 0 Å². The molecule has 0 amide bonds. The highest BCUT2D eigenvalue weighted by Crippen LogP contribution is 2.68. The van der Waals surface area contributed by atoms with E-state index in [4.69, 9.17) is 9.47 Å². The maximum Gasteiger partial charge on any atom is 0.186 e. The predicted octanol–water partition coefficient (Wildman–Crippen LogP) is 1.82. The number of aliphatic hydroxyl groups is 7. The van der Waals surface area contributed by atoms with E-state index < -0.39 is 49.0 Å². The van der Waals surface area contributed by atoms with Crippen LogP contribution in [0.2, 0.25) is 0 Å². The van der Waals surface area contributed by atoms with Crippen molar-refractivity contribution in [1.82, 2.24) is 0 Å². The monoisotopic (exact) mass is 584 g/mol. The number of hydrogen-bond donors (Lipinski definition) is 7. The van der Waals surface area contributed by atoms with E-state index in [-0.39, 0.29) is 65.0 Å². The van der Waals surface area contributed by atoms with Crippen LogP contribution in [0, 0.1) is 52.3 Å². The fourth-order valence-corrected chi connectivity index (χ4v) is 10.5. The highest BCUT2D eigenvalue weighted by atomic mass is 16.7. The SMILES string of the molecule is CC(C)[C@H](CC[C@@H](C)[C@H]1C[C@@H](O)C2C3C(CC[C@@]21C)[C@@]1(C)CC[C@H](O)CC1[C@@H](O)[C@H]3O)O[C@@H]1OC[C@@H](O)[C@H](O)[C@H]1O. The Labute approximate surface area is 245 Å². The quantitative estimate of drug-likeness (QED) is 0.237. The van der Waals surface area contributed by atoms with Crippen molar-refractivity contribution in [2.24, 2.45) is 52.3 Å². The van der Waals surface area contributed by atoms with Gasteiger partial charge in [-0.3, -0.25) is 0 Å². The Balaban J connectivity index is 1.28. The summed E-state index contributed by atoms with van der Waals surface area (Å²) in [5, 5.41) is 75.1. The van der Waals surface area contributed by atoms with E-state index in [1.807, 2.05) is 0 Å². The number of fused-ring (bicyclic) bond motifs is 5. The molecule has 0 aromatic heterocycles. The predicted molar refractivity (Wildman–Crippen MR) is 151 cm³/mol. The van der Waals surface area contributed by atoms with Gasteiger partial charge in [-0.25, -0.2) is 0 Å². The normalized spacial score (nSPS) is 53.3. The van der Waals surface area contributed by atoms with Crippen LogP contribution in [-0.4, -0.2) is 97.5 Å². The molecule has 7 N–H and O–H groups in total. The molecule has 4 aliphatic carbocycles. The van der Waals surface area contributed by atoms with Crippen molar-refractivity contribution in [3.8, 4) is 0 Å². The summed E-state index contributed by atoms with van der Waals surface area (Å²) in [5.41, 5.74) is -0.306. The second-order valence-electron chi connectivity index (χ2n) is 15.4. The minimum Gasteiger partial charge on any atom is -0.393 e. The van der Waals surface area contributed by atoms with Crippen molar-refractivity contribution in [2.75, 3.05) is 6.61 Å². The lowest BCUT2D eigenvalue weighted by molar-refractivity contribution is -0.286.